The van der Waals surface area contributed by atoms with Gasteiger partial charge in [0, 0.05) is 6.92 Å². The molecule has 1 amide bonds. The molecule has 0 radical (unpaired) electrons. The van der Waals surface area contributed by atoms with Crippen LogP contribution in [0.5, 0.6) is 0 Å². The van der Waals surface area contributed by atoms with Crippen LogP contribution in [0.4, 0.5) is 5.82 Å². The Hall–Kier alpha value is -1.14. The van der Waals surface area contributed by atoms with Crippen LogP contribution in [-0.2, 0) is 9.59 Å². The fraction of sp³-hybridized carbons (Fsp3) is 0.286. The monoisotopic (exact) mass is 234 g/mol. The van der Waals surface area contributed by atoms with Gasteiger partial charge in [-0.05, 0) is 0 Å². The van der Waals surface area contributed by atoms with Gasteiger partial charge in [-0.3, -0.25) is 14.5 Å². The maximum Gasteiger partial charge on any atom is 0.323 e. The predicted octanol–water partition coefficient (Wildman–Crippen LogP) is 1.23. The first-order valence-corrected chi connectivity index (χ1v) is 4.87. The molecule has 0 bridgehead atoms. The number of carbonyl (C=O) groups is 2. The van der Waals surface area contributed by atoms with Crippen molar-refractivity contribution >= 4 is 40.6 Å². The number of amides is 1. The van der Waals surface area contributed by atoms with Crippen LogP contribution in [0.2, 0.25) is 4.34 Å². The zero-order valence-corrected chi connectivity index (χ0v) is 8.80. The smallest absolute Gasteiger partial charge is 0.323 e. The third-order valence-corrected chi connectivity index (χ3v) is 2.47. The SMILES string of the molecule is CC(=O)N(CC(=O)O)c1ncsc1Cl. The van der Waals surface area contributed by atoms with E-state index in [-0.39, 0.29) is 5.82 Å². The van der Waals surface area contributed by atoms with Gasteiger partial charge in [0.2, 0.25) is 5.91 Å². The molecule has 0 spiro atoms. The second kappa shape index (κ2) is 4.39. The van der Waals surface area contributed by atoms with Gasteiger partial charge >= 0.3 is 5.97 Å². The summed E-state index contributed by atoms with van der Waals surface area (Å²) in [5, 5.41) is 8.56. The van der Waals surface area contributed by atoms with Gasteiger partial charge in [-0.25, -0.2) is 4.98 Å². The minimum Gasteiger partial charge on any atom is -0.480 e. The van der Waals surface area contributed by atoms with Gasteiger partial charge in [0.25, 0.3) is 0 Å². The molecule has 0 saturated heterocycles. The molecule has 1 rings (SSSR count). The Morgan fingerprint density at radius 2 is 2.36 bits per heavy atom. The number of halogens is 1. The molecule has 1 N–H and O–H groups in total. The van der Waals surface area contributed by atoms with Gasteiger partial charge in [-0.2, -0.15) is 0 Å². The van der Waals surface area contributed by atoms with Crippen molar-refractivity contribution < 1.29 is 14.7 Å². The van der Waals surface area contributed by atoms with Gasteiger partial charge in [0.05, 0.1) is 5.51 Å². The highest BCUT2D eigenvalue weighted by Gasteiger charge is 2.19. The van der Waals surface area contributed by atoms with Crippen molar-refractivity contribution in [1.29, 1.82) is 0 Å². The minimum absolute atomic E-state index is 0.201. The van der Waals surface area contributed by atoms with Crippen molar-refractivity contribution in [2.45, 2.75) is 6.92 Å². The standard InChI is InChI=1S/C7H7ClN2O3S/c1-4(11)10(2-5(12)13)7-6(8)14-3-9-7/h3H,2H2,1H3,(H,12,13). The van der Waals surface area contributed by atoms with E-state index in [0.717, 1.165) is 16.2 Å². The fourth-order valence-corrected chi connectivity index (χ4v) is 1.66. The lowest BCUT2D eigenvalue weighted by Crippen LogP contribution is -2.34. The lowest BCUT2D eigenvalue weighted by atomic mass is 10.4. The van der Waals surface area contributed by atoms with E-state index in [0.29, 0.717) is 4.34 Å². The number of rotatable bonds is 3. The van der Waals surface area contributed by atoms with Crippen molar-refractivity contribution in [3.63, 3.8) is 0 Å². The molecule has 0 unspecified atom stereocenters. The van der Waals surface area contributed by atoms with Crippen molar-refractivity contribution in [3.05, 3.63) is 9.85 Å². The summed E-state index contributed by atoms with van der Waals surface area (Å²) >= 11 is 6.88. The quantitative estimate of drug-likeness (QED) is 0.854. The van der Waals surface area contributed by atoms with Crippen molar-refractivity contribution in [2.24, 2.45) is 0 Å². The van der Waals surface area contributed by atoms with E-state index in [9.17, 15) is 9.59 Å². The average molecular weight is 235 g/mol. The zero-order valence-electron chi connectivity index (χ0n) is 7.23. The van der Waals surface area contributed by atoms with Crippen LogP contribution in [0.1, 0.15) is 6.92 Å². The Kier molecular flexibility index (Phi) is 3.43. The number of thiazole rings is 1. The Morgan fingerprint density at radius 1 is 1.71 bits per heavy atom. The zero-order chi connectivity index (χ0) is 10.7. The lowest BCUT2D eigenvalue weighted by Gasteiger charge is -2.15. The molecule has 0 atom stereocenters. The average Bonchev–Trinajstić information content (AvgIpc) is 2.46. The van der Waals surface area contributed by atoms with Gasteiger partial charge in [0.1, 0.15) is 10.9 Å². The van der Waals surface area contributed by atoms with Crippen LogP contribution < -0.4 is 4.90 Å². The molecule has 0 aromatic carbocycles. The van der Waals surface area contributed by atoms with E-state index < -0.39 is 18.4 Å². The number of anilines is 1. The van der Waals surface area contributed by atoms with E-state index in [4.69, 9.17) is 16.7 Å². The lowest BCUT2D eigenvalue weighted by molar-refractivity contribution is -0.136. The summed E-state index contributed by atoms with van der Waals surface area (Å²) in [5.74, 6) is -1.31. The molecule has 76 valence electrons. The molecule has 0 saturated carbocycles. The third-order valence-electron chi connectivity index (χ3n) is 1.44. The second-order valence-corrected chi connectivity index (χ2v) is 3.91. The molecule has 0 fully saturated rings. The molecule has 14 heavy (non-hydrogen) atoms. The van der Waals surface area contributed by atoms with Crippen LogP contribution in [0.3, 0.4) is 0 Å². The van der Waals surface area contributed by atoms with Gasteiger partial charge < -0.3 is 5.11 Å². The Morgan fingerprint density at radius 3 is 2.71 bits per heavy atom. The van der Waals surface area contributed by atoms with E-state index in [1.54, 1.807) is 0 Å². The summed E-state index contributed by atoms with van der Waals surface area (Å²) in [5.41, 5.74) is 1.45. The molecule has 1 aromatic heterocycles. The Labute approximate surface area is 88.9 Å². The maximum absolute atomic E-state index is 11.1. The molecular formula is C7H7ClN2O3S. The molecule has 7 heteroatoms. The van der Waals surface area contributed by atoms with Gasteiger partial charge in [0.15, 0.2) is 5.82 Å². The van der Waals surface area contributed by atoms with Crippen LogP contribution in [-0.4, -0.2) is 28.5 Å². The topological polar surface area (TPSA) is 70.5 Å². The number of hydrogen-bond acceptors (Lipinski definition) is 4. The summed E-state index contributed by atoms with van der Waals surface area (Å²) in [4.78, 5) is 26.4. The summed E-state index contributed by atoms with van der Waals surface area (Å²) in [6.45, 7) is 0.831. The molecule has 0 aliphatic carbocycles. The molecule has 0 aliphatic rings. The molecule has 1 aromatic rings. The van der Waals surface area contributed by atoms with Crippen molar-refractivity contribution in [3.8, 4) is 0 Å². The van der Waals surface area contributed by atoms with Crippen molar-refractivity contribution in [1.82, 2.24) is 4.98 Å². The minimum atomic E-state index is -1.11. The van der Waals surface area contributed by atoms with Crippen LogP contribution in [0.25, 0.3) is 0 Å². The predicted molar refractivity (Wildman–Crippen MR) is 52.8 cm³/mol. The first-order chi connectivity index (χ1) is 6.52. The number of aliphatic carboxylic acids is 1. The first kappa shape index (κ1) is 10.9. The summed E-state index contributed by atoms with van der Waals surface area (Å²) in [6.07, 6.45) is 0. The number of aromatic nitrogens is 1. The molecular weight excluding hydrogens is 228 g/mol. The largest absolute Gasteiger partial charge is 0.480 e. The highest BCUT2D eigenvalue weighted by molar-refractivity contribution is 7.14. The molecule has 5 nitrogen and oxygen atoms in total. The van der Waals surface area contributed by atoms with E-state index in [1.165, 1.54) is 12.4 Å². The number of carboxylic acid groups (broad SMARTS) is 1. The van der Waals surface area contributed by atoms with Crippen LogP contribution in [0, 0.1) is 0 Å². The van der Waals surface area contributed by atoms with E-state index >= 15 is 0 Å². The van der Waals surface area contributed by atoms with Crippen LogP contribution >= 0.6 is 22.9 Å². The number of carboxylic acids is 1. The van der Waals surface area contributed by atoms with Crippen LogP contribution in [0.15, 0.2) is 5.51 Å². The Bertz CT molecular complexity index is 366. The number of carbonyl (C=O) groups excluding carboxylic acids is 1. The normalized spacial score (nSPS) is 9.86. The number of hydrogen-bond donors (Lipinski definition) is 1. The molecule has 0 aliphatic heterocycles. The third kappa shape index (κ3) is 2.43. The van der Waals surface area contributed by atoms with Crippen molar-refractivity contribution in [2.75, 3.05) is 11.4 Å². The maximum atomic E-state index is 11.1. The summed E-state index contributed by atoms with van der Waals surface area (Å²) in [7, 11) is 0. The van der Waals surface area contributed by atoms with Gasteiger partial charge in [-0.15, -0.1) is 11.3 Å². The molecule has 1 heterocycles. The highest BCUT2D eigenvalue weighted by atomic mass is 35.5. The van der Waals surface area contributed by atoms with E-state index in [1.807, 2.05) is 0 Å². The van der Waals surface area contributed by atoms with E-state index in [2.05, 4.69) is 4.98 Å². The fourth-order valence-electron chi connectivity index (χ4n) is 0.872. The summed E-state index contributed by atoms with van der Waals surface area (Å²) in [6, 6.07) is 0. The summed E-state index contributed by atoms with van der Waals surface area (Å²) < 4.78 is 0.307. The second-order valence-electron chi connectivity index (χ2n) is 2.45. The Balaban J connectivity index is 2.94. The highest BCUT2D eigenvalue weighted by Crippen LogP contribution is 2.27. The van der Waals surface area contributed by atoms with Gasteiger partial charge in [-0.1, -0.05) is 11.6 Å². The number of nitrogens with zero attached hydrogens (tertiary/aromatic N) is 2. The first-order valence-electron chi connectivity index (χ1n) is 3.61.